The second-order valence-electron chi connectivity index (χ2n) is 28.3. The quantitative estimate of drug-likeness (QED) is 0.0848. The molecule has 0 atom stereocenters. The Labute approximate surface area is 711 Å². The SMILES string of the molecule is Cc1cc(C)c(-n2cc(-n3c(C)ccc3C)nc2-c2[c-]cccc2)c(C)c1.Cc1cc(C)c(-n2cc(-n3ccc4ccccc43)nc2-c2[c-]cccc2)c(C)c1.Cc1cc(C)c(-n2cc(N(C)c3ccccc3)nc2-c2[c-]cccc2)c(C)c1.Cc1cc(C)c(-n2cc(P(C)C)nc2-c2[c-]cccc2)c(C)c1.[Ir].[Ir].[Ir].[Ir]. The number of para-hydroxylation sites is 2. The van der Waals surface area contributed by atoms with Crippen LogP contribution in [0, 0.1) is 121 Å². The van der Waals surface area contributed by atoms with Crippen molar-refractivity contribution in [2.24, 2.45) is 0 Å². The minimum absolute atomic E-state index is 0. The summed E-state index contributed by atoms with van der Waals surface area (Å²) in [6, 6.07) is 88.4. The van der Waals surface area contributed by atoms with E-state index in [0.29, 0.717) is 0 Å². The Morgan fingerprint density at radius 1 is 0.324 bits per heavy atom. The zero-order chi connectivity index (χ0) is 75.3. The van der Waals surface area contributed by atoms with Crippen LogP contribution in [0.5, 0.6) is 0 Å². The molecule has 0 saturated heterocycles. The summed E-state index contributed by atoms with van der Waals surface area (Å²) in [6.45, 7) is 34.6. The van der Waals surface area contributed by atoms with Gasteiger partial charge in [0.1, 0.15) is 17.5 Å². The van der Waals surface area contributed by atoms with Crippen molar-refractivity contribution in [2.75, 3.05) is 25.3 Å². The predicted molar refractivity (Wildman–Crippen MR) is 447 cm³/mol. The largest absolute Gasteiger partial charge is 0.339 e. The van der Waals surface area contributed by atoms with E-state index in [4.69, 9.17) is 19.9 Å². The molecule has 0 amide bonds. The standard InChI is InChI=1S/C26H22N3.C25H24N3.C24H24N3.C20H22N2P.4Ir/c1-18-15-19(2)25(20(3)16-18)29-17-24(27-26(29)22-10-5-4-6-11-22)28-14-13-21-9-7-8-12-23(21)28;1-18-15-19(2)24(20(3)16-18)28-17-23(27(4)22-13-9-6-10-14-22)26-25(28)21-11-7-5-8-12-21;1-16-13-17(2)23(18(3)14-16)26-15-22(27-19(4)11-12-20(27)5)25-24(26)21-9-7-6-8-10-21;1-14-11-15(2)19(16(3)12-14)22-13-18(23(4)5)21-20(22)17-9-7-6-8-10-17;;;;/h4-10,12-17H,1-3H3;5-11,13-17H,1-4H3;6-9,11-15H,1-5H3;6-9,11-13H,1-5H3;;;;/q4*-1;;;;. The number of benzene rings is 10. The van der Waals surface area contributed by atoms with Gasteiger partial charge in [-0.15, -0.1) is 144 Å². The van der Waals surface area contributed by atoms with Crippen LogP contribution in [0.15, 0.2) is 249 Å². The summed E-state index contributed by atoms with van der Waals surface area (Å²) in [6.07, 6.45) is 10.7. The number of aryl methyl sites for hydroxylation is 14. The normalized spacial score (nSPS) is 10.7. The molecule has 6 aromatic heterocycles. The van der Waals surface area contributed by atoms with E-state index in [1.54, 1.807) is 0 Å². The Hall–Kier alpha value is -9.31. The molecule has 10 aromatic carbocycles. The monoisotopic (exact) mass is 2190 g/mol. The molecular weight excluding hydrogens is 2090 g/mol. The number of nitrogens with zero attached hydrogens (tertiary/aromatic N) is 11. The first-order valence-electron chi connectivity index (χ1n) is 36.4. The van der Waals surface area contributed by atoms with E-state index < -0.39 is 0 Å². The molecule has 0 unspecified atom stereocenters. The van der Waals surface area contributed by atoms with Crippen molar-refractivity contribution in [3.05, 3.63) is 352 Å². The Morgan fingerprint density at radius 3 is 1.05 bits per heavy atom. The minimum Gasteiger partial charge on any atom is -0.339 e. The van der Waals surface area contributed by atoms with Gasteiger partial charge in [-0.1, -0.05) is 115 Å². The summed E-state index contributed by atoms with van der Waals surface area (Å²) in [4.78, 5) is 22.1. The molecule has 572 valence electrons. The van der Waals surface area contributed by atoms with Crippen LogP contribution < -0.4 is 10.3 Å². The first-order chi connectivity index (χ1) is 51.6. The maximum atomic E-state index is 5.05. The van der Waals surface area contributed by atoms with Gasteiger partial charge < -0.3 is 32.3 Å². The molecule has 0 saturated carbocycles. The summed E-state index contributed by atoms with van der Waals surface area (Å²) in [5.41, 5.74) is 29.7. The van der Waals surface area contributed by atoms with Gasteiger partial charge >= 0.3 is 0 Å². The van der Waals surface area contributed by atoms with E-state index in [2.05, 4.69) is 332 Å². The number of hydrogen-bond donors (Lipinski definition) is 0. The average molecular weight is 2190 g/mol. The molecule has 16 heteroatoms. The maximum absolute atomic E-state index is 5.05. The minimum atomic E-state index is -0.243. The number of imidazole rings is 4. The van der Waals surface area contributed by atoms with Gasteiger partial charge in [0, 0.05) is 158 Å². The molecule has 0 aliphatic heterocycles. The topological polar surface area (TPSA) is 84.4 Å². The molecule has 0 N–H and O–H groups in total. The van der Waals surface area contributed by atoms with E-state index >= 15 is 0 Å². The van der Waals surface area contributed by atoms with E-state index in [0.717, 1.165) is 74.2 Å². The molecular formula is C95H92Ir4N11P-4. The zero-order valence-corrected chi connectivity index (χ0v) is 76.3. The molecule has 6 heterocycles. The van der Waals surface area contributed by atoms with Crippen molar-refractivity contribution >= 4 is 35.8 Å². The van der Waals surface area contributed by atoms with Crippen molar-refractivity contribution < 1.29 is 80.4 Å². The van der Waals surface area contributed by atoms with Crippen molar-refractivity contribution in [2.45, 2.75) is 96.9 Å². The molecule has 0 aliphatic rings. The van der Waals surface area contributed by atoms with Crippen LogP contribution in [0.25, 0.3) is 90.8 Å². The third kappa shape index (κ3) is 18.9. The van der Waals surface area contributed by atoms with E-state index in [-0.39, 0.29) is 88.3 Å². The summed E-state index contributed by atoms with van der Waals surface area (Å²) in [5, 5.41) is 1.21. The molecule has 111 heavy (non-hydrogen) atoms. The molecule has 4 radical (unpaired) electrons. The smallest absolute Gasteiger partial charge is 0.145 e. The molecule has 0 fully saturated rings. The molecule has 16 rings (SSSR count). The third-order valence-electron chi connectivity index (χ3n) is 19.4. The van der Waals surface area contributed by atoms with Crippen molar-refractivity contribution in [1.29, 1.82) is 0 Å². The van der Waals surface area contributed by atoms with Crippen molar-refractivity contribution in [3.8, 4) is 79.9 Å². The fourth-order valence-corrected chi connectivity index (χ4v) is 15.6. The van der Waals surface area contributed by atoms with Gasteiger partial charge in [0.25, 0.3) is 0 Å². The second-order valence-corrected chi connectivity index (χ2v) is 30.5. The first kappa shape index (κ1) is 85.7. The van der Waals surface area contributed by atoms with Crippen molar-refractivity contribution in [3.63, 3.8) is 0 Å². The van der Waals surface area contributed by atoms with Crippen LogP contribution in [-0.2, 0) is 80.4 Å². The van der Waals surface area contributed by atoms with Gasteiger partial charge in [-0.2, -0.15) is 0 Å². The van der Waals surface area contributed by atoms with Gasteiger partial charge in [0.2, 0.25) is 0 Å². The summed E-state index contributed by atoms with van der Waals surface area (Å²) in [7, 11) is 1.81. The number of hydrogen-bond acceptors (Lipinski definition) is 5. The first-order valence-corrected chi connectivity index (χ1v) is 38.6. The molecule has 16 aromatic rings. The van der Waals surface area contributed by atoms with Crippen LogP contribution in [0.3, 0.4) is 0 Å². The fraction of sp³-hybridized carbons (Fsp3) is 0.179. The van der Waals surface area contributed by atoms with Gasteiger partial charge in [-0.3, -0.25) is 19.9 Å². The summed E-state index contributed by atoms with van der Waals surface area (Å²) < 4.78 is 13.2. The number of fused-ring (bicyclic) bond motifs is 1. The zero-order valence-electron chi connectivity index (χ0n) is 65.9. The molecule has 0 spiro atoms. The van der Waals surface area contributed by atoms with E-state index in [9.17, 15) is 0 Å². The van der Waals surface area contributed by atoms with Crippen LogP contribution in [-0.4, -0.2) is 67.7 Å². The Morgan fingerprint density at radius 2 is 0.658 bits per heavy atom. The van der Waals surface area contributed by atoms with Crippen LogP contribution in [0.4, 0.5) is 11.5 Å². The third-order valence-corrected chi connectivity index (χ3v) is 20.5. The molecule has 0 aliphatic carbocycles. The maximum Gasteiger partial charge on any atom is 0.145 e. The van der Waals surface area contributed by atoms with Gasteiger partial charge in [0.15, 0.2) is 0 Å². The Kier molecular flexibility index (Phi) is 29.2. The number of anilines is 2. The van der Waals surface area contributed by atoms with E-state index in [1.165, 1.54) is 112 Å². The average Bonchev–Trinajstić information content (AvgIpc) is 1.63. The van der Waals surface area contributed by atoms with Gasteiger partial charge in [0.05, 0.1) is 34.2 Å². The van der Waals surface area contributed by atoms with Crippen LogP contribution >= 0.6 is 7.92 Å². The van der Waals surface area contributed by atoms with E-state index in [1.807, 2.05) is 91.0 Å². The molecule has 0 bridgehead atoms. The Bertz CT molecular complexity index is 5700. The predicted octanol–water partition coefficient (Wildman–Crippen LogP) is 22.5. The summed E-state index contributed by atoms with van der Waals surface area (Å²) in [5.74, 6) is 6.42. The van der Waals surface area contributed by atoms with Crippen LogP contribution in [0.2, 0.25) is 0 Å². The van der Waals surface area contributed by atoms with Crippen LogP contribution in [0.1, 0.15) is 78.1 Å². The van der Waals surface area contributed by atoms with Crippen molar-refractivity contribution in [1.82, 2.24) is 47.3 Å². The number of aromatic nitrogens is 10. The number of rotatable bonds is 13. The van der Waals surface area contributed by atoms with Gasteiger partial charge in [-0.25, -0.2) is 0 Å². The second kappa shape index (κ2) is 37.8. The van der Waals surface area contributed by atoms with Gasteiger partial charge in [-0.05, 0) is 197 Å². The Balaban J connectivity index is 0.000000169. The fourth-order valence-electron chi connectivity index (χ4n) is 14.9. The summed E-state index contributed by atoms with van der Waals surface area (Å²) >= 11 is 0. The molecule has 11 nitrogen and oxygen atoms in total.